The van der Waals surface area contributed by atoms with Gasteiger partial charge in [0.1, 0.15) is 6.04 Å². The number of carbonyl (C=O) groups excluding carboxylic acids is 2. The van der Waals surface area contributed by atoms with Crippen molar-refractivity contribution in [2.24, 2.45) is 0 Å². The molecule has 2 heterocycles. The van der Waals surface area contributed by atoms with E-state index >= 15 is 0 Å². The number of carbonyl (C=O) groups is 2. The minimum Gasteiger partial charge on any atom is -0.494 e. The summed E-state index contributed by atoms with van der Waals surface area (Å²) in [4.78, 5) is 30.7. The summed E-state index contributed by atoms with van der Waals surface area (Å²) < 4.78 is 19.0. The summed E-state index contributed by atoms with van der Waals surface area (Å²) >= 11 is 1.35. The van der Waals surface area contributed by atoms with Gasteiger partial charge < -0.3 is 15.0 Å². The van der Waals surface area contributed by atoms with Crippen LogP contribution in [0.1, 0.15) is 20.8 Å². The van der Waals surface area contributed by atoms with Crippen molar-refractivity contribution >= 4 is 23.2 Å². The molecule has 1 aromatic heterocycles. The second-order valence-corrected chi connectivity index (χ2v) is 9.21. The maximum atomic E-state index is 14.0. The van der Waals surface area contributed by atoms with Crippen molar-refractivity contribution in [3.8, 4) is 5.75 Å². The first-order chi connectivity index (χ1) is 16.5. The van der Waals surface area contributed by atoms with E-state index in [1.54, 1.807) is 12.1 Å². The van der Waals surface area contributed by atoms with Gasteiger partial charge >= 0.3 is 0 Å². The molecule has 0 saturated carbocycles. The SMILES string of the molecule is COc1ccc(CN2CCN(C(=O)[C@H](Cc3ccccc3)NC(=O)c3cccs3)CC2)cc1F. The fraction of sp³-hybridized carbons (Fsp3) is 0.308. The number of hydrogen-bond donors (Lipinski definition) is 1. The van der Waals surface area contributed by atoms with E-state index in [1.807, 2.05) is 52.7 Å². The van der Waals surface area contributed by atoms with Crippen molar-refractivity contribution in [3.05, 3.63) is 87.9 Å². The number of nitrogens with one attached hydrogen (secondary N) is 1. The minimum atomic E-state index is -0.640. The van der Waals surface area contributed by atoms with E-state index in [9.17, 15) is 14.0 Å². The second kappa shape index (κ2) is 11.3. The summed E-state index contributed by atoms with van der Waals surface area (Å²) in [6, 6.07) is 17.6. The monoisotopic (exact) mass is 481 g/mol. The van der Waals surface area contributed by atoms with Crippen LogP contribution < -0.4 is 10.1 Å². The number of rotatable bonds is 8. The Balaban J connectivity index is 1.38. The molecule has 8 heteroatoms. The van der Waals surface area contributed by atoms with Gasteiger partial charge in [0.05, 0.1) is 12.0 Å². The fourth-order valence-electron chi connectivity index (χ4n) is 4.10. The van der Waals surface area contributed by atoms with Gasteiger partial charge in [-0.25, -0.2) is 4.39 Å². The lowest BCUT2D eigenvalue weighted by molar-refractivity contribution is -0.135. The number of piperazine rings is 1. The van der Waals surface area contributed by atoms with Crippen molar-refractivity contribution in [2.45, 2.75) is 19.0 Å². The van der Waals surface area contributed by atoms with Gasteiger partial charge in [0, 0.05) is 39.1 Å². The van der Waals surface area contributed by atoms with Gasteiger partial charge in [0.25, 0.3) is 5.91 Å². The zero-order valence-corrected chi connectivity index (χ0v) is 19.9. The summed E-state index contributed by atoms with van der Waals surface area (Å²) in [5.74, 6) is -0.458. The van der Waals surface area contributed by atoms with Crippen molar-refractivity contribution in [1.82, 2.24) is 15.1 Å². The van der Waals surface area contributed by atoms with E-state index in [0.717, 1.165) is 11.1 Å². The second-order valence-electron chi connectivity index (χ2n) is 8.26. The Kier molecular flexibility index (Phi) is 7.92. The van der Waals surface area contributed by atoms with Crippen LogP contribution in [0.3, 0.4) is 0 Å². The number of ether oxygens (including phenoxy) is 1. The van der Waals surface area contributed by atoms with Crippen LogP contribution in [0, 0.1) is 5.82 Å². The molecular formula is C26H28FN3O3S. The first kappa shape index (κ1) is 23.9. The molecule has 0 radical (unpaired) electrons. The van der Waals surface area contributed by atoms with Crippen LogP contribution in [0.5, 0.6) is 5.75 Å². The van der Waals surface area contributed by atoms with Gasteiger partial charge in [0.2, 0.25) is 5.91 Å². The summed E-state index contributed by atoms with van der Waals surface area (Å²) in [7, 11) is 1.45. The molecule has 3 aromatic rings. The largest absolute Gasteiger partial charge is 0.494 e. The molecule has 34 heavy (non-hydrogen) atoms. The average molecular weight is 482 g/mol. The normalized spacial score (nSPS) is 15.1. The molecular weight excluding hydrogens is 453 g/mol. The maximum Gasteiger partial charge on any atom is 0.262 e. The first-order valence-electron chi connectivity index (χ1n) is 11.3. The average Bonchev–Trinajstić information content (AvgIpc) is 3.40. The zero-order chi connectivity index (χ0) is 23.9. The smallest absolute Gasteiger partial charge is 0.262 e. The topological polar surface area (TPSA) is 61.9 Å². The van der Waals surface area contributed by atoms with Crippen LogP contribution in [0.15, 0.2) is 66.0 Å². The van der Waals surface area contributed by atoms with Crippen molar-refractivity contribution in [3.63, 3.8) is 0 Å². The molecule has 2 aromatic carbocycles. The highest BCUT2D eigenvalue weighted by atomic mass is 32.1. The molecule has 1 fully saturated rings. The van der Waals surface area contributed by atoms with Gasteiger partial charge in [-0.1, -0.05) is 42.5 Å². The molecule has 1 saturated heterocycles. The van der Waals surface area contributed by atoms with E-state index in [4.69, 9.17) is 4.74 Å². The Morgan fingerprint density at radius 2 is 1.79 bits per heavy atom. The lowest BCUT2D eigenvalue weighted by atomic mass is 10.0. The van der Waals surface area contributed by atoms with E-state index in [2.05, 4.69) is 10.2 Å². The molecule has 0 unspecified atom stereocenters. The third kappa shape index (κ3) is 6.01. The Morgan fingerprint density at radius 1 is 1.03 bits per heavy atom. The highest BCUT2D eigenvalue weighted by Crippen LogP contribution is 2.19. The standard InChI is InChI=1S/C26H28FN3O3S/c1-33-23-10-9-20(16-21(23)27)18-29-11-13-30(14-12-29)26(32)22(17-19-6-3-2-4-7-19)28-25(31)24-8-5-15-34-24/h2-10,15-16,22H,11-14,17-18H2,1H3,(H,28,31)/t22-/m0/s1. The molecule has 0 bridgehead atoms. The fourth-order valence-corrected chi connectivity index (χ4v) is 4.73. The Labute approximate surface area is 203 Å². The van der Waals surface area contributed by atoms with Gasteiger partial charge in [-0.05, 0) is 34.7 Å². The van der Waals surface area contributed by atoms with Crippen LogP contribution >= 0.6 is 11.3 Å². The molecule has 4 rings (SSSR count). The van der Waals surface area contributed by atoms with Gasteiger partial charge in [0.15, 0.2) is 11.6 Å². The van der Waals surface area contributed by atoms with Crippen LogP contribution in [-0.2, 0) is 17.8 Å². The molecule has 1 N–H and O–H groups in total. The van der Waals surface area contributed by atoms with E-state index in [1.165, 1.54) is 24.5 Å². The molecule has 1 aliphatic rings. The van der Waals surface area contributed by atoms with E-state index in [-0.39, 0.29) is 23.4 Å². The highest BCUT2D eigenvalue weighted by Gasteiger charge is 2.29. The number of nitrogens with zero attached hydrogens (tertiary/aromatic N) is 2. The zero-order valence-electron chi connectivity index (χ0n) is 19.1. The van der Waals surface area contributed by atoms with Gasteiger partial charge in [-0.2, -0.15) is 0 Å². The maximum absolute atomic E-state index is 14.0. The van der Waals surface area contributed by atoms with E-state index in [0.29, 0.717) is 44.0 Å². The third-order valence-electron chi connectivity index (χ3n) is 5.94. The van der Waals surface area contributed by atoms with Crippen molar-refractivity contribution < 1.29 is 18.7 Å². The molecule has 2 amide bonds. The van der Waals surface area contributed by atoms with Gasteiger partial charge in [-0.15, -0.1) is 11.3 Å². The molecule has 0 aliphatic carbocycles. The van der Waals surface area contributed by atoms with Crippen molar-refractivity contribution in [1.29, 1.82) is 0 Å². The summed E-state index contributed by atoms with van der Waals surface area (Å²) in [6.07, 6.45) is 0.433. The summed E-state index contributed by atoms with van der Waals surface area (Å²) in [5, 5.41) is 4.79. The predicted molar refractivity (Wildman–Crippen MR) is 131 cm³/mol. The number of methoxy groups -OCH3 is 1. The van der Waals surface area contributed by atoms with Crippen LogP contribution in [0.4, 0.5) is 4.39 Å². The minimum absolute atomic E-state index is 0.0797. The molecule has 178 valence electrons. The van der Waals surface area contributed by atoms with Crippen molar-refractivity contribution in [2.75, 3.05) is 33.3 Å². The highest BCUT2D eigenvalue weighted by molar-refractivity contribution is 7.12. The first-order valence-corrected chi connectivity index (χ1v) is 12.1. The molecule has 1 aliphatic heterocycles. The third-order valence-corrected chi connectivity index (χ3v) is 6.81. The quantitative estimate of drug-likeness (QED) is 0.534. The molecule has 6 nitrogen and oxygen atoms in total. The van der Waals surface area contributed by atoms with Crippen LogP contribution in [0.25, 0.3) is 0 Å². The van der Waals surface area contributed by atoms with Gasteiger partial charge in [-0.3, -0.25) is 14.5 Å². The number of thiophene rings is 1. The predicted octanol–water partition coefficient (Wildman–Crippen LogP) is 3.58. The van der Waals surface area contributed by atoms with E-state index < -0.39 is 6.04 Å². The van der Waals surface area contributed by atoms with Crippen LogP contribution in [0.2, 0.25) is 0 Å². The number of amides is 2. The lowest BCUT2D eigenvalue weighted by Crippen LogP contribution is -2.55. The molecule has 0 spiro atoms. The number of benzene rings is 2. The summed E-state index contributed by atoms with van der Waals surface area (Å²) in [6.45, 7) is 3.06. The lowest BCUT2D eigenvalue weighted by Gasteiger charge is -2.36. The number of halogens is 1. The van der Waals surface area contributed by atoms with Crippen LogP contribution in [-0.4, -0.2) is 60.9 Å². The number of hydrogen-bond acceptors (Lipinski definition) is 5. The Hall–Kier alpha value is -3.23. The summed E-state index contributed by atoms with van der Waals surface area (Å²) in [5.41, 5.74) is 1.86. The molecule has 1 atom stereocenters. The Morgan fingerprint density at radius 3 is 2.44 bits per heavy atom. The Bertz CT molecular complexity index is 1100.